The molecule has 0 unspecified atom stereocenters. The number of carbonyl (C=O) groups is 1. The van der Waals surface area contributed by atoms with Gasteiger partial charge >= 0.3 is 0 Å². The zero-order valence-corrected chi connectivity index (χ0v) is 12.8. The van der Waals surface area contributed by atoms with Crippen molar-refractivity contribution in [1.29, 1.82) is 0 Å². The molecule has 0 fully saturated rings. The molecule has 2 aromatic carbocycles. The van der Waals surface area contributed by atoms with E-state index in [0.717, 1.165) is 3.57 Å². The number of amides is 1. The number of nitro benzene ring substituents is 1. The number of nitrogens with two attached hydrogens (primary N) is 1. The maximum atomic E-state index is 12.3. The van der Waals surface area contributed by atoms with Crippen molar-refractivity contribution < 1.29 is 9.72 Å². The van der Waals surface area contributed by atoms with E-state index in [-0.39, 0.29) is 11.3 Å². The number of nitro groups is 1. The predicted molar refractivity (Wildman–Crippen MR) is 88.0 cm³/mol. The van der Waals surface area contributed by atoms with E-state index >= 15 is 0 Å². The molecule has 0 aromatic heterocycles. The molecular formula is C13H11IN4O3. The van der Waals surface area contributed by atoms with Crippen molar-refractivity contribution in [2.75, 3.05) is 10.7 Å². The molecule has 0 aliphatic rings. The predicted octanol–water partition coefficient (Wildman–Crippen LogP) is 2.74. The van der Waals surface area contributed by atoms with Gasteiger partial charge in [-0.1, -0.05) is 12.1 Å². The lowest BCUT2D eigenvalue weighted by atomic mass is 10.1. The molecule has 4 N–H and O–H groups in total. The van der Waals surface area contributed by atoms with Gasteiger partial charge in [0.1, 0.15) is 5.56 Å². The number of para-hydroxylation sites is 1. The molecule has 0 atom stereocenters. The molecule has 0 saturated carbocycles. The Hall–Kier alpha value is -2.20. The highest BCUT2D eigenvalue weighted by Crippen LogP contribution is 2.24. The second kappa shape index (κ2) is 6.50. The zero-order valence-electron chi connectivity index (χ0n) is 10.7. The first kappa shape index (κ1) is 15.2. The van der Waals surface area contributed by atoms with E-state index in [2.05, 4.69) is 33.3 Å². The third-order valence-electron chi connectivity index (χ3n) is 2.73. The molecule has 7 nitrogen and oxygen atoms in total. The number of halogens is 1. The van der Waals surface area contributed by atoms with Crippen molar-refractivity contribution in [1.82, 2.24) is 0 Å². The average molecular weight is 398 g/mol. The van der Waals surface area contributed by atoms with Gasteiger partial charge in [0.2, 0.25) is 0 Å². The lowest BCUT2D eigenvalue weighted by molar-refractivity contribution is -0.385. The summed E-state index contributed by atoms with van der Waals surface area (Å²) in [6.45, 7) is 0. The summed E-state index contributed by atoms with van der Waals surface area (Å²) in [6, 6.07) is 11.1. The van der Waals surface area contributed by atoms with Gasteiger partial charge in [0.05, 0.1) is 10.6 Å². The lowest BCUT2D eigenvalue weighted by Gasteiger charge is -2.09. The summed E-state index contributed by atoms with van der Waals surface area (Å²) >= 11 is 2.07. The number of benzene rings is 2. The SMILES string of the molecule is NNc1ccc([N+](=O)[O-])c(C(=O)Nc2ccccc2I)c1. The highest BCUT2D eigenvalue weighted by molar-refractivity contribution is 14.1. The molecule has 8 heteroatoms. The molecule has 0 saturated heterocycles. The van der Waals surface area contributed by atoms with Crippen molar-refractivity contribution >= 4 is 45.6 Å². The number of carbonyl (C=O) groups excluding carboxylic acids is 1. The summed E-state index contributed by atoms with van der Waals surface area (Å²) in [5.41, 5.74) is 3.02. The van der Waals surface area contributed by atoms with Crippen LogP contribution in [0.25, 0.3) is 0 Å². The average Bonchev–Trinajstić information content (AvgIpc) is 2.48. The van der Waals surface area contributed by atoms with E-state index in [9.17, 15) is 14.9 Å². The molecule has 0 spiro atoms. The van der Waals surface area contributed by atoms with E-state index in [1.165, 1.54) is 18.2 Å². The van der Waals surface area contributed by atoms with E-state index in [1.54, 1.807) is 12.1 Å². The minimum absolute atomic E-state index is 0.0601. The summed E-state index contributed by atoms with van der Waals surface area (Å²) in [5, 5.41) is 13.7. The van der Waals surface area contributed by atoms with Crippen molar-refractivity contribution in [3.63, 3.8) is 0 Å². The first-order chi connectivity index (χ1) is 10.0. The van der Waals surface area contributed by atoms with Gasteiger partial charge in [0.25, 0.3) is 11.6 Å². The van der Waals surface area contributed by atoms with Crippen LogP contribution in [0.15, 0.2) is 42.5 Å². The Morgan fingerprint density at radius 1 is 1.24 bits per heavy atom. The van der Waals surface area contributed by atoms with Crippen LogP contribution in [-0.2, 0) is 0 Å². The van der Waals surface area contributed by atoms with Gasteiger partial charge in [-0.15, -0.1) is 0 Å². The second-order valence-electron chi connectivity index (χ2n) is 4.07. The van der Waals surface area contributed by atoms with E-state index < -0.39 is 10.8 Å². The summed E-state index contributed by atoms with van der Waals surface area (Å²) in [4.78, 5) is 22.7. The Kier molecular flexibility index (Phi) is 4.70. The van der Waals surface area contributed by atoms with Crippen LogP contribution in [-0.4, -0.2) is 10.8 Å². The molecule has 0 aliphatic heterocycles. The maximum Gasteiger partial charge on any atom is 0.282 e. The highest BCUT2D eigenvalue weighted by Gasteiger charge is 2.21. The van der Waals surface area contributed by atoms with Gasteiger partial charge in [-0.25, -0.2) is 0 Å². The van der Waals surface area contributed by atoms with E-state index in [1.807, 2.05) is 12.1 Å². The molecule has 21 heavy (non-hydrogen) atoms. The molecule has 2 aromatic rings. The van der Waals surface area contributed by atoms with Gasteiger partial charge in [0, 0.05) is 15.3 Å². The summed E-state index contributed by atoms with van der Waals surface area (Å²) in [7, 11) is 0. The maximum absolute atomic E-state index is 12.3. The number of anilines is 2. The number of hydrazine groups is 1. The van der Waals surface area contributed by atoms with Crippen molar-refractivity contribution in [3.8, 4) is 0 Å². The highest BCUT2D eigenvalue weighted by atomic mass is 127. The fourth-order valence-corrected chi connectivity index (χ4v) is 2.24. The van der Waals surface area contributed by atoms with Crippen LogP contribution in [0.1, 0.15) is 10.4 Å². The number of hydrogen-bond donors (Lipinski definition) is 3. The van der Waals surface area contributed by atoms with Crippen molar-refractivity contribution in [3.05, 3.63) is 61.7 Å². The standard InChI is InChI=1S/C13H11IN4O3/c14-10-3-1-2-4-11(10)16-13(19)9-7-8(17-15)5-6-12(9)18(20)21/h1-7,17H,15H2,(H,16,19). The molecule has 108 valence electrons. The summed E-state index contributed by atoms with van der Waals surface area (Å²) in [5.74, 6) is 4.70. The van der Waals surface area contributed by atoms with Gasteiger partial charge < -0.3 is 10.7 Å². The van der Waals surface area contributed by atoms with E-state index in [4.69, 9.17) is 5.84 Å². The van der Waals surface area contributed by atoms with Crippen LogP contribution in [0, 0.1) is 13.7 Å². The Morgan fingerprint density at radius 2 is 1.95 bits per heavy atom. The van der Waals surface area contributed by atoms with Gasteiger partial charge in [-0.3, -0.25) is 20.8 Å². The Labute approximate surface area is 133 Å². The van der Waals surface area contributed by atoms with Crippen molar-refractivity contribution in [2.45, 2.75) is 0 Å². The van der Waals surface area contributed by atoms with Gasteiger partial charge in [-0.2, -0.15) is 0 Å². The summed E-state index contributed by atoms with van der Waals surface area (Å²) < 4.78 is 0.833. The van der Waals surface area contributed by atoms with Crippen LogP contribution < -0.4 is 16.6 Å². The quantitative estimate of drug-likeness (QED) is 0.318. The van der Waals surface area contributed by atoms with Crippen molar-refractivity contribution in [2.24, 2.45) is 5.84 Å². The molecule has 2 rings (SSSR count). The topological polar surface area (TPSA) is 110 Å². The number of hydrogen-bond acceptors (Lipinski definition) is 5. The minimum atomic E-state index is -0.606. The van der Waals surface area contributed by atoms with Gasteiger partial charge in [-0.05, 0) is 46.9 Å². The Morgan fingerprint density at radius 3 is 2.57 bits per heavy atom. The smallest absolute Gasteiger partial charge is 0.282 e. The third kappa shape index (κ3) is 3.47. The Bertz CT molecular complexity index is 706. The molecule has 0 bridgehead atoms. The fraction of sp³-hybridized carbons (Fsp3) is 0. The second-order valence-corrected chi connectivity index (χ2v) is 5.23. The fourth-order valence-electron chi connectivity index (χ4n) is 1.72. The molecule has 0 heterocycles. The third-order valence-corrected chi connectivity index (χ3v) is 3.67. The monoisotopic (exact) mass is 398 g/mol. The molecule has 0 aliphatic carbocycles. The molecule has 1 amide bonds. The van der Waals surface area contributed by atoms with Gasteiger partial charge in [0.15, 0.2) is 0 Å². The van der Waals surface area contributed by atoms with E-state index in [0.29, 0.717) is 11.4 Å². The number of nitrogens with one attached hydrogen (secondary N) is 2. The molecular weight excluding hydrogens is 387 g/mol. The largest absolute Gasteiger partial charge is 0.324 e. The first-order valence-electron chi connectivity index (χ1n) is 5.84. The first-order valence-corrected chi connectivity index (χ1v) is 6.91. The van der Waals surface area contributed by atoms with Crippen LogP contribution in [0.5, 0.6) is 0 Å². The summed E-state index contributed by atoms with van der Waals surface area (Å²) in [6.07, 6.45) is 0. The van der Waals surface area contributed by atoms with Crippen LogP contribution in [0.2, 0.25) is 0 Å². The number of nitrogens with zero attached hydrogens (tertiary/aromatic N) is 1. The number of nitrogen functional groups attached to an aromatic ring is 1. The minimum Gasteiger partial charge on any atom is -0.324 e. The van der Waals surface area contributed by atoms with Crippen LogP contribution in [0.4, 0.5) is 17.1 Å². The normalized spacial score (nSPS) is 10.0. The zero-order chi connectivity index (χ0) is 15.4. The van der Waals surface area contributed by atoms with Crippen LogP contribution in [0.3, 0.4) is 0 Å². The van der Waals surface area contributed by atoms with Crippen LogP contribution >= 0.6 is 22.6 Å². The lowest BCUT2D eigenvalue weighted by Crippen LogP contribution is -2.16. The Balaban J connectivity index is 2.38. The number of rotatable bonds is 4. The molecule has 0 radical (unpaired) electrons.